The minimum absolute atomic E-state index is 0.0278. The van der Waals surface area contributed by atoms with Gasteiger partial charge in [0.05, 0.1) is 44.7 Å². The number of anilines is 1. The Labute approximate surface area is 259 Å². The highest BCUT2D eigenvalue weighted by atomic mass is 16.6. The van der Waals surface area contributed by atoms with Crippen LogP contribution in [0.3, 0.4) is 0 Å². The molecule has 0 radical (unpaired) electrons. The summed E-state index contributed by atoms with van der Waals surface area (Å²) in [6, 6.07) is 11.6. The number of hydrogen-bond donors (Lipinski definition) is 1. The van der Waals surface area contributed by atoms with Crippen molar-refractivity contribution in [2.45, 2.75) is 44.9 Å². The number of allylic oxidation sites excluding steroid dienone is 6. The fourth-order valence-electron chi connectivity index (χ4n) is 6.23. The molecule has 2 aromatic rings. The summed E-state index contributed by atoms with van der Waals surface area (Å²) in [6.07, 6.45) is 6.26. The Kier molecular flexibility index (Phi) is 8.99. The molecule has 0 amide bonds. The van der Waals surface area contributed by atoms with Gasteiger partial charge in [0.15, 0.2) is 12.3 Å². The molecule has 0 unspecified atom stereocenters. The lowest BCUT2D eigenvalue weighted by Gasteiger charge is -2.26. The van der Waals surface area contributed by atoms with Gasteiger partial charge in [0.1, 0.15) is 18.6 Å². The van der Waals surface area contributed by atoms with Crippen LogP contribution in [0.15, 0.2) is 72.0 Å². The number of fused-ring (bicyclic) bond motifs is 2. The molecule has 0 saturated carbocycles. The molecular weight excluding hydrogens is 582 g/mol. The van der Waals surface area contributed by atoms with E-state index in [0.717, 1.165) is 0 Å². The molecule has 0 atom stereocenters. The van der Waals surface area contributed by atoms with Gasteiger partial charge in [-0.15, -0.1) is 0 Å². The third kappa shape index (κ3) is 5.95. The first-order valence-electron chi connectivity index (χ1n) is 14.0. The average Bonchev–Trinajstić information content (AvgIpc) is 3.34. The molecule has 0 aliphatic carbocycles. The summed E-state index contributed by atoms with van der Waals surface area (Å²) < 4.78 is 6.64. The molecule has 0 spiro atoms. The number of nitro benzene ring substituents is 2. The van der Waals surface area contributed by atoms with Gasteiger partial charge in [0.2, 0.25) is 5.69 Å². The standard InChI is InChI=1S/C32H31N5O8/c1-31(2)26(34(16-15-28(39)40)22-7-5-9-24(29(22)31)36(41)42)13-11-21(19-33)12-14-27-32(3,4)30-23(35(27)17-18-45-20-38)8-6-10-25(30)37(43)44/h5-14,20H,15-18H2,1-4H3/p+1. The summed E-state index contributed by atoms with van der Waals surface area (Å²) in [5.41, 5.74) is 1.61. The smallest absolute Gasteiger partial charge is 0.309 e. The van der Waals surface area contributed by atoms with Crippen LogP contribution in [0.4, 0.5) is 22.7 Å². The number of aliphatic carboxylic acids is 1. The summed E-state index contributed by atoms with van der Waals surface area (Å²) in [7, 11) is 0. The summed E-state index contributed by atoms with van der Waals surface area (Å²) in [5, 5.41) is 43.2. The maximum Gasteiger partial charge on any atom is 0.309 e. The van der Waals surface area contributed by atoms with Crippen molar-refractivity contribution < 1.29 is 33.9 Å². The van der Waals surface area contributed by atoms with Gasteiger partial charge in [-0.05, 0) is 58.1 Å². The van der Waals surface area contributed by atoms with Gasteiger partial charge in [-0.25, -0.2) is 0 Å². The number of hydrogen-bond acceptors (Lipinski definition) is 9. The van der Waals surface area contributed by atoms with Crippen LogP contribution < -0.4 is 4.90 Å². The molecule has 0 aromatic heterocycles. The number of nitriles is 1. The number of rotatable bonds is 12. The van der Waals surface area contributed by atoms with E-state index in [2.05, 4.69) is 6.07 Å². The molecule has 2 aliphatic heterocycles. The number of ether oxygens (including phenoxy) is 1. The van der Waals surface area contributed by atoms with E-state index in [1.807, 2.05) is 32.6 Å². The van der Waals surface area contributed by atoms with Gasteiger partial charge >= 0.3 is 5.97 Å². The minimum Gasteiger partial charge on any atom is -0.481 e. The second kappa shape index (κ2) is 12.5. The zero-order valence-corrected chi connectivity index (χ0v) is 25.2. The Balaban J connectivity index is 1.80. The van der Waals surface area contributed by atoms with E-state index in [0.29, 0.717) is 40.4 Å². The molecule has 2 aromatic carbocycles. The van der Waals surface area contributed by atoms with Crippen molar-refractivity contribution >= 4 is 40.9 Å². The highest BCUT2D eigenvalue weighted by molar-refractivity contribution is 6.04. The largest absolute Gasteiger partial charge is 0.481 e. The van der Waals surface area contributed by atoms with E-state index in [1.165, 1.54) is 12.1 Å². The molecule has 45 heavy (non-hydrogen) atoms. The third-order valence-electron chi connectivity index (χ3n) is 8.15. The van der Waals surface area contributed by atoms with Crippen LogP contribution in [0.2, 0.25) is 0 Å². The van der Waals surface area contributed by atoms with Crippen LogP contribution in [0.5, 0.6) is 0 Å². The van der Waals surface area contributed by atoms with Crippen LogP contribution in [-0.2, 0) is 25.2 Å². The first-order chi connectivity index (χ1) is 21.3. The van der Waals surface area contributed by atoms with Gasteiger partial charge in [0, 0.05) is 35.4 Å². The molecule has 1 N–H and O–H groups in total. The van der Waals surface area contributed by atoms with Gasteiger partial charge in [0.25, 0.3) is 17.8 Å². The van der Waals surface area contributed by atoms with Gasteiger partial charge in [-0.2, -0.15) is 9.84 Å². The topological polar surface area (TPSA) is 180 Å². The summed E-state index contributed by atoms with van der Waals surface area (Å²) in [5.74, 6) is -1.03. The van der Waals surface area contributed by atoms with Crippen LogP contribution in [0.1, 0.15) is 45.2 Å². The van der Waals surface area contributed by atoms with E-state index in [4.69, 9.17) is 4.74 Å². The van der Waals surface area contributed by atoms with Crippen molar-refractivity contribution in [1.82, 2.24) is 0 Å². The number of carbonyl (C=O) groups is 2. The lowest BCUT2D eigenvalue weighted by Crippen LogP contribution is -2.29. The molecule has 0 fully saturated rings. The molecule has 13 heteroatoms. The maximum atomic E-state index is 11.9. The zero-order chi connectivity index (χ0) is 33.1. The first kappa shape index (κ1) is 32.3. The van der Waals surface area contributed by atoms with Gasteiger partial charge < -0.3 is 14.7 Å². The first-order valence-corrected chi connectivity index (χ1v) is 14.0. The molecule has 4 rings (SSSR count). The molecule has 0 bridgehead atoms. The average molecular weight is 615 g/mol. The lowest BCUT2D eigenvalue weighted by atomic mass is 9.80. The van der Waals surface area contributed by atoms with Crippen molar-refractivity contribution in [2.75, 3.05) is 24.6 Å². The quantitative estimate of drug-likeness (QED) is 0.0634. The Hall–Kier alpha value is -5.64. The number of benzene rings is 2. The molecule has 0 saturated heterocycles. The molecule has 2 aliphatic rings. The Morgan fingerprint density at radius 3 is 2.31 bits per heavy atom. The Morgan fingerprint density at radius 2 is 1.71 bits per heavy atom. The summed E-state index contributed by atoms with van der Waals surface area (Å²) in [4.78, 5) is 47.0. The van der Waals surface area contributed by atoms with E-state index < -0.39 is 26.6 Å². The minimum atomic E-state index is -1.03. The van der Waals surface area contributed by atoms with Crippen molar-refractivity contribution in [3.63, 3.8) is 0 Å². The molecule has 13 nitrogen and oxygen atoms in total. The predicted octanol–water partition coefficient (Wildman–Crippen LogP) is 5.21. The van der Waals surface area contributed by atoms with Crippen LogP contribution in [0, 0.1) is 31.6 Å². The Morgan fingerprint density at radius 1 is 1.07 bits per heavy atom. The van der Waals surface area contributed by atoms with E-state index >= 15 is 0 Å². The zero-order valence-electron chi connectivity index (χ0n) is 25.2. The summed E-state index contributed by atoms with van der Waals surface area (Å²) >= 11 is 0. The van der Waals surface area contributed by atoms with Crippen molar-refractivity contribution in [3.05, 3.63) is 103 Å². The second-order valence-electron chi connectivity index (χ2n) is 11.5. The molecular formula is C32H32N5O8+. The normalized spacial score (nSPS) is 17.3. The number of carboxylic acid groups (broad SMARTS) is 1. The lowest BCUT2D eigenvalue weighted by molar-refractivity contribution is -0.437. The molecule has 232 valence electrons. The second-order valence-corrected chi connectivity index (χ2v) is 11.5. The van der Waals surface area contributed by atoms with E-state index in [-0.39, 0.29) is 43.1 Å². The highest BCUT2D eigenvalue weighted by Crippen LogP contribution is 2.51. The van der Waals surface area contributed by atoms with Gasteiger partial charge in [-0.1, -0.05) is 6.07 Å². The maximum absolute atomic E-state index is 11.9. The van der Waals surface area contributed by atoms with Crippen LogP contribution >= 0.6 is 0 Å². The van der Waals surface area contributed by atoms with Crippen molar-refractivity contribution in [3.8, 4) is 6.07 Å². The van der Waals surface area contributed by atoms with Crippen molar-refractivity contribution in [1.29, 1.82) is 5.26 Å². The van der Waals surface area contributed by atoms with Gasteiger partial charge in [-0.3, -0.25) is 29.8 Å². The van der Waals surface area contributed by atoms with Crippen LogP contribution in [0.25, 0.3) is 0 Å². The van der Waals surface area contributed by atoms with E-state index in [1.54, 1.807) is 53.1 Å². The number of carboxylic acids is 1. The fourth-order valence-corrected chi connectivity index (χ4v) is 6.23. The van der Waals surface area contributed by atoms with Crippen LogP contribution in [-0.4, -0.2) is 57.4 Å². The fraction of sp³-hybridized carbons (Fsp3) is 0.312. The highest BCUT2D eigenvalue weighted by Gasteiger charge is 2.49. The van der Waals surface area contributed by atoms with E-state index in [9.17, 15) is 40.2 Å². The summed E-state index contributed by atoms with van der Waals surface area (Å²) in [6.45, 7) is 7.92. The number of nitrogens with zero attached hydrogens (tertiary/aromatic N) is 5. The molecule has 2 heterocycles. The Bertz CT molecular complexity index is 1760. The number of nitro groups is 2. The van der Waals surface area contributed by atoms with Crippen molar-refractivity contribution in [2.24, 2.45) is 0 Å². The predicted molar refractivity (Wildman–Crippen MR) is 165 cm³/mol. The third-order valence-corrected chi connectivity index (χ3v) is 8.15. The SMILES string of the molecule is CC1(C)C(/C=C/C(C#N)=C/C=C2/N(CCOC=O)c3cccc([N+](=O)[O-])c3C2(C)C)=[N+](CCC(=O)O)c2cccc([N+](=O)[O-])c21. The monoisotopic (exact) mass is 614 g/mol. The number of carbonyl (C=O) groups excluding carboxylic acids is 1.